The Morgan fingerprint density at radius 2 is 2.06 bits per heavy atom. The summed E-state index contributed by atoms with van der Waals surface area (Å²) >= 11 is 4.72. The first kappa shape index (κ1) is 15.8. The molecule has 96 valence electrons. The molecule has 3 N–H and O–H groups in total. The van der Waals surface area contributed by atoms with Gasteiger partial charge in [-0.2, -0.15) is 0 Å². The molecule has 0 fully saturated rings. The topological polar surface area (TPSA) is 81.4 Å². The zero-order valence-electron chi connectivity index (χ0n) is 9.89. The monoisotopic (exact) mass is 268 g/mol. The minimum absolute atomic E-state index is 0.000868. The van der Waals surface area contributed by atoms with E-state index in [1.165, 1.54) is 0 Å². The van der Waals surface area contributed by atoms with E-state index in [-0.39, 0.29) is 17.6 Å². The van der Waals surface area contributed by atoms with E-state index in [1.807, 2.05) is 6.92 Å². The average molecular weight is 268 g/mol. The summed E-state index contributed by atoms with van der Waals surface area (Å²) in [5.74, 6) is 0. The second-order valence-corrected chi connectivity index (χ2v) is 5.88. The Morgan fingerprint density at radius 1 is 1.50 bits per heavy atom. The van der Waals surface area contributed by atoms with Gasteiger partial charge in [-0.25, -0.2) is 13.1 Å². The molecule has 0 aromatic heterocycles. The molecule has 0 amide bonds. The molecule has 0 aliphatic heterocycles. The molecule has 0 bridgehead atoms. The molecule has 7 heteroatoms. The second kappa shape index (κ2) is 7.16. The van der Waals surface area contributed by atoms with E-state index in [0.717, 1.165) is 0 Å². The summed E-state index contributed by atoms with van der Waals surface area (Å²) in [4.78, 5) is -0.000868. The van der Waals surface area contributed by atoms with Crippen molar-refractivity contribution in [2.45, 2.75) is 38.5 Å². The lowest BCUT2D eigenvalue weighted by Gasteiger charge is -2.17. The van der Waals surface area contributed by atoms with Crippen LogP contribution in [0.1, 0.15) is 27.2 Å². The molecule has 0 heterocycles. The number of ether oxygens (including phenoxy) is 1. The largest absolute Gasteiger partial charge is 0.392 e. The van der Waals surface area contributed by atoms with Crippen LogP contribution in [-0.2, 0) is 14.8 Å². The number of thiocarbonyl (C=S) groups is 1. The van der Waals surface area contributed by atoms with E-state index >= 15 is 0 Å². The molecule has 2 unspecified atom stereocenters. The van der Waals surface area contributed by atoms with Crippen LogP contribution in [-0.4, -0.2) is 37.9 Å². The quantitative estimate of drug-likeness (QED) is 0.623. The van der Waals surface area contributed by atoms with Gasteiger partial charge in [-0.1, -0.05) is 19.1 Å². The van der Waals surface area contributed by atoms with Crippen molar-refractivity contribution >= 4 is 27.2 Å². The summed E-state index contributed by atoms with van der Waals surface area (Å²) in [6.45, 7) is 6.17. The maximum Gasteiger partial charge on any atom is 0.221 e. The average Bonchev–Trinajstić information content (AvgIpc) is 2.15. The second-order valence-electron chi connectivity index (χ2n) is 3.46. The van der Waals surface area contributed by atoms with E-state index in [9.17, 15) is 8.42 Å². The van der Waals surface area contributed by atoms with E-state index in [0.29, 0.717) is 13.0 Å². The fraction of sp³-hybridized carbons (Fsp3) is 0.889. The third-order valence-corrected chi connectivity index (χ3v) is 4.43. The van der Waals surface area contributed by atoms with Gasteiger partial charge in [0.2, 0.25) is 10.0 Å². The van der Waals surface area contributed by atoms with E-state index in [1.54, 1.807) is 13.8 Å². The van der Waals surface area contributed by atoms with Crippen molar-refractivity contribution in [3.63, 3.8) is 0 Å². The summed E-state index contributed by atoms with van der Waals surface area (Å²) < 4.78 is 31.2. The highest BCUT2D eigenvalue weighted by molar-refractivity contribution is 7.93. The predicted octanol–water partition coefficient (Wildman–Crippen LogP) is 0.396. The van der Waals surface area contributed by atoms with Gasteiger partial charge in [0.1, 0.15) is 5.25 Å². The molecule has 0 saturated heterocycles. The Morgan fingerprint density at radius 3 is 2.44 bits per heavy atom. The molecule has 0 aliphatic carbocycles. The van der Waals surface area contributed by atoms with E-state index < -0.39 is 15.3 Å². The summed E-state index contributed by atoms with van der Waals surface area (Å²) in [5, 5.41) is -0.809. The number of nitrogens with two attached hydrogens (primary N) is 1. The van der Waals surface area contributed by atoms with Crippen LogP contribution in [0, 0.1) is 0 Å². The molecule has 0 spiro atoms. The number of sulfonamides is 1. The van der Waals surface area contributed by atoms with E-state index in [4.69, 9.17) is 22.7 Å². The lowest BCUT2D eigenvalue weighted by molar-refractivity contribution is 0.0799. The van der Waals surface area contributed by atoms with Crippen molar-refractivity contribution in [1.82, 2.24) is 4.72 Å². The maximum atomic E-state index is 11.8. The van der Waals surface area contributed by atoms with Crippen LogP contribution < -0.4 is 10.5 Å². The number of hydrogen-bond acceptors (Lipinski definition) is 4. The van der Waals surface area contributed by atoms with Crippen molar-refractivity contribution in [2.75, 3.05) is 13.2 Å². The molecular formula is C9H20N2O3S2. The highest BCUT2D eigenvalue weighted by atomic mass is 32.2. The Bertz CT molecular complexity index is 317. The van der Waals surface area contributed by atoms with Gasteiger partial charge < -0.3 is 10.5 Å². The molecule has 0 aromatic carbocycles. The molecule has 2 atom stereocenters. The molecule has 5 nitrogen and oxygen atoms in total. The van der Waals surface area contributed by atoms with Crippen LogP contribution in [0.2, 0.25) is 0 Å². The summed E-state index contributed by atoms with van der Waals surface area (Å²) in [6, 6.07) is 0. The van der Waals surface area contributed by atoms with Gasteiger partial charge in [-0.15, -0.1) is 0 Å². The standard InChI is InChI=1S/C9H20N2O3S2/c1-4-8(9(10)15)16(12,13)11-6-7(3)14-5-2/h7-8,11H,4-6H2,1-3H3,(H2,10,15). The lowest BCUT2D eigenvalue weighted by Crippen LogP contribution is -2.44. The van der Waals surface area contributed by atoms with Crippen molar-refractivity contribution in [3.8, 4) is 0 Å². The molecule has 16 heavy (non-hydrogen) atoms. The van der Waals surface area contributed by atoms with Crippen LogP contribution in [0.4, 0.5) is 0 Å². The van der Waals surface area contributed by atoms with Crippen molar-refractivity contribution < 1.29 is 13.2 Å². The maximum absolute atomic E-state index is 11.8. The number of hydrogen-bond donors (Lipinski definition) is 2. The number of nitrogens with one attached hydrogen (secondary N) is 1. The minimum Gasteiger partial charge on any atom is -0.392 e. The Hall–Kier alpha value is -0.240. The normalized spacial score (nSPS) is 15.7. The Labute approximate surface area is 103 Å². The van der Waals surface area contributed by atoms with Crippen LogP contribution >= 0.6 is 12.2 Å². The fourth-order valence-electron chi connectivity index (χ4n) is 1.25. The van der Waals surface area contributed by atoms with Crippen LogP contribution in [0.25, 0.3) is 0 Å². The molecule has 0 radical (unpaired) electrons. The SMILES string of the molecule is CCOC(C)CNS(=O)(=O)C(CC)C(N)=S. The van der Waals surface area contributed by atoms with Crippen LogP contribution in [0.15, 0.2) is 0 Å². The van der Waals surface area contributed by atoms with Crippen molar-refractivity contribution in [1.29, 1.82) is 0 Å². The molecular weight excluding hydrogens is 248 g/mol. The summed E-state index contributed by atoms with van der Waals surface area (Å²) in [5.41, 5.74) is 5.38. The smallest absolute Gasteiger partial charge is 0.221 e. The van der Waals surface area contributed by atoms with Crippen LogP contribution in [0.5, 0.6) is 0 Å². The van der Waals surface area contributed by atoms with Gasteiger partial charge in [-0.3, -0.25) is 0 Å². The first-order valence-electron chi connectivity index (χ1n) is 5.24. The van der Waals surface area contributed by atoms with E-state index in [2.05, 4.69) is 4.72 Å². The molecule has 0 saturated carbocycles. The zero-order chi connectivity index (χ0) is 12.8. The Kier molecular flexibility index (Phi) is 7.05. The Balaban J connectivity index is 4.39. The lowest BCUT2D eigenvalue weighted by atomic mass is 10.3. The highest BCUT2D eigenvalue weighted by Gasteiger charge is 2.26. The molecule has 0 rings (SSSR count). The van der Waals surface area contributed by atoms with Crippen molar-refractivity contribution in [2.24, 2.45) is 5.73 Å². The summed E-state index contributed by atoms with van der Waals surface area (Å²) in [7, 11) is -3.48. The third-order valence-electron chi connectivity index (χ3n) is 2.09. The van der Waals surface area contributed by atoms with Gasteiger partial charge in [0.05, 0.1) is 11.1 Å². The molecule has 0 aliphatic rings. The third kappa shape index (κ3) is 5.20. The van der Waals surface area contributed by atoms with Gasteiger partial charge in [0.15, 0.2) is 0 Å². The first-order chi connectivity index (χ1) is 7.35. The van der Waals surface area contributed by atoms with Gasteiger partial charge in [-0.05, 0) is 20.3 Å². The van der Waals surface area contributed by atoms with Gasteiger partial charge >= 0.3 is 0 Å². The van der Waals surface area contributed by atoms with Crippen LogP contribution in [0.3, 0.4) is 0 Å². The highest BCUT2D eigenvalue weighted by Crippen LogP contribution is 2.05. The van der Waals surface area contributed by atoms with Gasteiger partial charge in [0, 0.05) is 13.2 Å². The predicted molar refractivity (Wildman–Crippen MR) is 68.9 cm³/mol. The van der Waals surface area contributed by atoms with Gasteiger partial charge in [0.25, 0.3) is 0 Å². The van der Waals surface area contributed by atoms with Crippen molar-refractivity contribution in [3.05, 3.63) is 0 Å². The fourth-order valence-corrected chi connectivity index (χ4v) is 3.21. The first-order valence-corrected chi connectivity index (χ1v) is 7.20. The minimum atomic E-state index is -3.48. The zero-order valence-corrected chi connectivity index (χ0v) is 11.5. The number of rotatable bonds is 8. The molecule has 0 aromatic rings. The summed E-state index contributed by atoms with van der Waals surface area (Å²) in [6.07, 6.45) is 0.205.